The second-order valence-electron chi connectivity index (χ2n) is 6.62. The van der Waals surface area contributed by atoms with Crippen molar-refractivity contribution in [2.45, 2.75) is 18.9 Å². The highest BCUT2D eigenvalue weighted by molar-refractivity contribution is 5.94. The van der Waals surface area contributed by atoms with Crippen LogP contribution in [0.3, 0.4) is 0 Å². The van der Waals surface area contributed by atoms with Gasteiger partial charge in [-0.05, 0) is 23.8 Å². The molecular formula is C21H20FN3O3. The lowest BCUT2D eigenvalue weighted by molar-refractivity contribution is -0.116. The van der Waals surface area contributed by atoms with Gasteiger partial charge in [0.25, 0.3) is 0 Å². The lowest BCUT2D eigenvalue weighted by atomic mass is 9.87. The molecule has 1 amide bonds. The Bertz CT molecular complexity index is 1030. The van der Waals surface area contributed by atoms with Crippen LogP contribution < -0.4 is 14.8 Å². The Balaban J connectivity index is 1.72. The van der Waals surface area contributed by atoms with Crippen LogP contribution in [0.5, 0.6) is 11.5 Å². The minimum Gasteiger partial charge on any atom is -0.496 e. The molecule has 1 N–H and O–H groups in total. The molecule has 0 radical (unpaired) electrons. The summed E-state index contributed by atoms with van der Waals surface area (Å²) in [6.45, 7) is 0.457. The summed E-state index contributed by atoms with van der Waals surface area (Å²) in [6.07, 6.45) is 2.02. The summed E-state index contributed by atoms with van der Waals surface area (Å²) >= 11 is 0. The van der Waals surface area contributed by atoms with Gasteiger partial charge in [-0.1, -0.05) is 24.3 Å². The van der Waals surface area contributed by atoms with E-state index in [9.17, 15) is 9.18 Å². The molecule has 144 valence electrons. The van der Waals surface area contributed by atoms with E-state index >= 15 is 0 Å². The van der Waals surface area contributed by atoms with E-state index in [0.717, 1.165) is 22.4 Å². The van der Waals surface area contributed by atoms with Gasteiger partial charge in [-0.25, -0.2) is 9.07 Å². The van der Waals surface area contributed by atoms with Crippen molar-refractivity contribution in [1.29, 1.82) is 0 Å². The molecule has 1 aliphatic rings. The van der Waals surface area contributed by atoms with E-state index < -0.39 is 5.82 Å². The Morgan fingerprint density at radius 2 is 1.96 bits per heavy atom. The Labute approximate surface area is 161 Å². The highest BCUT2D eigenvalue weighted by Gasteiger charge is 2.30. The number of halogens is 1. The van der Waals surface area contributed by atoms with E-state index in [4.69, 9.17) is 9.47 Å². The molecule has 0 spiro atoms. The number of amides is 1. The quantitative estimate of drug-likeness (QED) is 0.734. The maximum absolute atomic E-state index is 13.8. The number of fused-ring (bicyclic) bond motifs is 1. The number of carbonyl (C=O) groups is 1. The van der Waals surface area contributed by atoms with Crippen molar-refractivity contribution in [2.75, 3.05) is 19.5 Å². The average Bonchev–Trinajstić information content (AvgIpc) is 3.10. The zero-order valence-electron chi connectivity index (χ0n) is 15.6. The molecular weight excluding hydrogens is 361 g/mol. The number of rotatable bonds is 5. The van der Waals surface area contributed by atoms with Gasteiger partial charge in [0.15, 0.2) is 11.6 Å². The van der Waals surface area contributed by atoms with Gasteiger partial charge in [0, 0.05) is 23.5 Å². The van der Waals surface area contributed by atoms with E-state index in [1.807, 2.05) is 24.3 Å². The van der Waals surface area contributed by atoms with E-state index in [1.165, 1.54) is 13.2 Å². The van der Waals surface area contributed by atoms with Crippen molar-refractivity contribution in [3.8, 4) is 11.5 Å². The van der Waals surface area contributed by atoms with Gasteiger partial charge >= 0.3 is 0 Å². The number of nitrogens with one attached hydrogen (secondary N) is 1. The minimum atomic E-state index is -0.432. The van der Waals surface area contributed by atoms with Crippen LogP contribution in [0.15, 0.2) is 48.7 Å². The summed E-state index contributed by atoms with van der Waals surface area (Å²) in [5.74, 6) is 0.807. The Morgan fingerprint density at radius 1 is 1.18 bits per heavy atom. The summed E-state index contributed by atoms with van der Waals surface area (Å²) < 4.78 is 26.0. The molecule has 0 fully saturated rings. The third kappa shape index (κ3) is 3.19. The first kappa shape index (κ1) is 18.0. The number of ether oxygens (including phenoxy) is 2. The number of methoxy groups -OCH3 is 2. The first-order chi connectivity index (χ1) is 13.6. The largest absolute Gasteiger partial charge is 0.496 e. The Kier molecular flexibility index (Phi) is 4.73. The van der Waals surface area contributed by atoms with E-state index in [0.29, 0.717) is 12.4 Å². The highest BCUT2D eigenvalue weighted by atomic mass is 19.1. The first-order valence-electron chi connectivity index (χ1n) is 8.91. The number of carbonyl (C=O) groups excluding carboxylic acids is 1. The van der Waals surface area contributed by atoms with E-state index in [-0.39, 0.29) is 24.0 Å². The summed E-state index contributed by atoms with van der Waals surface area (Å²) in [6, 6.07) is 12.4. The van der Waals surface area contributed by atoms with Crippen LogP contribution in [0.2, 0.25) is 0 Å². The summed E-state index contributed by atoms with van der Waals surface area (Å²) in [4.78, 5) is 12.4. The molecule has 4 rings (SSSR count). The molecule has 0 bridgehead atoms. The zero-order chi connectivity index (χ0) is 19.7. The van der Waals surface area contributed by atoms with Gasteiger partial charge in [-0.2, -0.15) is 5.10 Å². The van der Waals surface area contributed by atoms with Crippen molar-refractivity contribution in [3.05, 3.63) is 71.2 Å². The van der Waals surface area contributed by atoms with Crippen LogP contribution in [-0.4, -0.2) is 29.9 Å². The van der Waals surface area contributed by atoms with E-state index in [1.54, 1.807) is 30.1 Å². The van der Waals surface area contributed by atoms with Gasteiger partial charge in [0.1, 0.15) is 11.6 Å². The predicted molar refractivity (Wildman–Crippen MR) is 102 cm³/mol. The van der Waals surface area contributed by atoms with Crippen LogP contribution in [0.1, 0.15) is 29.0 Å². The molecule has 0 saturated heterocycles. The monoisotopic (exact) mass is 381 g/mol. The molecule has 2 heterocycles. The fourth-order valence-corrected chi connectivity index (χ4v) is 3.58. The molecule has 28 heavy (non-hydrogen) atoms. The summed E-state index contributed by atoms with van der Waals surface area (Å²) in [7, 11) is 3.05. The lowest BCUT2D eigenvalue weighted by Gasteiger charge is -2.24. The normalized spacial score (nSPS) is 15.7. The first-order valence-corrected chi connectivity index (χ1v) is 8.91. The molecule has 6 nitrogen and oxygen atoms in total. The molecule has 1 atom stereocenters. The second kappa shape index (κ2) is 7.34. The number of hydrogen-bond acceptors (Lipinski definition) is 4. The number of nitrogens with zero attached hydrogens (tertiary/aromatic N) is 2. The van der Waals surface area contributed by atoms with Crippen LogP contribution in [-0.2, 0) is 11.3 Å². The predicted octanol–water partition coefficient (Wildman–Crippen LogP) is 3.56. The van der Waals surface area contributed by atoms with Crippen molar-refractivity contribution in [1.82, 2.24) is 9.78 Å². The third-order valence-corrected chi connectivity index (χ3v) is 4.98. The maximum atomic E-state index is 13.8. The highest BCUT2D eigenvalue weighted by Crippen LogP contribution is 2.38. The fourth-order valence-electron chi connectivity index (χ4n) is 3.58. The Morgan fingerprint density at radius 3 is 2.75 bits per heavy atom. The molecule has 0 aliphatic carbocycles. The van der Waals surface area contributed by atoms with Crippen molar-refractivity contribution >= 4 is 11.7 Å². The third-order valence-electron chi connectivity index (χ3n) is 4.98. The number of anilines is 1. The molecule has 1 aromatic heterocycles. The van der Waals surface area contributed by atoms with Gasteiger partial charge in [0.05, 0.1) is 27.0 Å². The zero-order valence-corrected chi connectivity index (χ0v) is 15.6. The second-order valence-corrected chi connectivity index (χ2v) is 6.62. The SMILES string of the molecule is COc1cc(C2CC(=O)Nc3c2cnn3Cc2ccccc2OC)ccc1F. The molecule has 0 saturated carbocycles. The molecule has 7 heteroatoms. The van der Waals surface area contributed by atoms with Crippen LogP contribution in [0, 0.1) is 5.82 Å². The minimum absolute atomic E-state index is 0.109. The van der Waals surface area contributed by atoms with Crippen molar-refractivity contribution in [2.24, 2.45) is 0 Å². The summed E-state index contributed by atoms with van der Waals surface area (Å²) in [5.41, 5.74) is 2.66. The van der Waals surface area contributed by atoms with Crippen LogP contribution in [0.25, 0.3) is 0 Å². The number of benzene rings is 2. The average molecular weight is 381 g/mol. The molecule has 2 aromatic carbocycles. The van der Waals surface area contributed by atoms with Crippen LogP contribution in [0.4, 0.5) is 10.2 Å². The smallest absolute Gasteiger partial charge is 0.226 e. The molecule has 1 unspecified atom stereocenters. The lowest BCUT2D eigenvalue weighted by Crippen LogP contribution is -2.25. The van der Waals surface area contributed by atoms with Gasteiger partial charge in [0.2, 0.25) is 5.91 Å². The van der Waals surface area contributed by atoms with Gasteiger partial charge in [-0.3, -0.25) is 4.79 Å². The number of para-hydroxylation sites is 1. The topological polar surface area (TPSA) is 65.4 Å². The summed E-state index contributed by atoms with van der Waals surface area (Å²) in [5, 5.41) is 7.40. The number of aromatic nitrogens is 2. The number of hydrogen-bond donors (Lipinski definition) is 1. The van der Waals surface area contributed by atoms with Crippen molar-refractivity contribution < 1.29 is 18.7 Å². The van der Waals surface area contributed by atoms with E-state index in [2.05, 4.69) is 10.4 Å². The standard InChI is InChI=1S/C21H20FN3O3/c1-27-18-6-4-3-5-14(18)12-25-21-16(11-23-25)15(10-20(26)24-21)13-7-8-17(22)19(9-13)28-2/h3-9,11,15H,10,12H2,1-2H3,(H,24,26). The maximum Gasteiger partial charge on any atom is 0.226 e. The molecule has 3 aromatic rings. The Hall–Kier alpha value is -3.35. The van der Waals surface area contributed by atoms with Crippen molar-refractivity contribution in [3.63, 3.8) is 0 Å². The van der Waals surface area contributed by atoms with Crippen LogP contribution >= 0.6 is 0 Å². The molecule has 1 aliphatic heterocycles. The van der Waals surface area contributed by atoms with Gasteiger partial charge < -0.3 is 14.8 Å². The fraction of sp³-hybridized carbons (Fsp3) is 0.238. The van der Waals surface area contributed by atoms with Gasteiger partial charge in [-0.15, -0.1) is 0 Å².